The van der Waals surface area contributed by atoms with E-state index in [4.69, 9.17) is 11.6 Å². The number of amides is 1. The van der Waals surface area contributed by atoms with Crippen LogP contribution in [0.4, 0.5) is 24.5 Å². The van der Waals surface area contributed by atoms with Gasteiger partial charge in [0.25, 0.3) is 11.6 Å². The number of hydrogen-bond donors (Lipinski definition) is 2. The van der Waals surface area contributed by atoms with E-state index in [9.17, 15) is 28.1 Å². The zero-order chi connectivity index (χ0) is 16.2. The van der Waals surface area contributed by atoms with Crippen molar-refractivity contribution in [2.24, 2.45) is 0 Å². The summed E-state index contributed by atoms with van der Waals surface area (Å²) in [6.07, 6.45) is -4.57. The zero-order valence-corrected chi connectivity index (χ0v) is 11.5. The van der Waals surface area contributed by atoms with Gasteiger partial charge in [0, 0.05) is 18.2 Å². The number of anilines is 1. The Balaban J connectivity index is 3.09. The number of carbonyl (C=O) groups excluding carboxylic acids is 1. The van der Waals surface area contributed by atoms with E-state index < -0.39 is 29.2 Å². The lowest BCUT2D eigenvalue weighted by Crippen LogP contribution is -2.33. The fourth-order valence-electron chi connectivity index (χ4n) is 1.50. The normalized spacial score (nSPS) is 11.1. The van der Waals surface area contributed by atoms with Crippen LogP contribution in [-0.2, 0) is 0 Å². The van der Waals surface area contributed by atoms with E-state index in [1.807, 2.05) is 0 Å². The van der Waals surface area contributed by atoms with Gasteiger partial charge in [0.15, 0.2) is 0 Å². The summed E-state index contributed by atoms with van der Waals surface area (Å²) in [7, 11) is 0. The van der Waals surface area contributed by atoms with Crippen LogP contribution in [0.5, 0.6) is 0 Å². The number of nitro benzene ring substituents is 1. The quantitative estimate of drug-likeness (QED) is 0.644. The Labute approximate surface area is 122 Å². The van der Waals surface area contributed by atoms with Crippen molar-refractivity contribution in [3.8, 4) is 0 Å². The van der Waals surface area contributed by atoms with Gasteiger partial charge in [0.05, 0.1) is 9.95 Å². The number of benzene rings is 1. The maximum absolute atomic E-state index is 12.0. The summed E-state index contributed by atoms with van der Waals surface area (Å²) in [5.41, 5.74) is -0.796. The lowest BCUT2D eigenvalue weighted by molar-refractivity contribution is -0.384. The van der Waals surface area contributed by atoms with E-state index in [0.717, 1.165) is 12.1 Å². The second kappa shape index (κ2) is 6.61. The van der Waals surface area contributed by atoms with Crippen LogP contribution < -0.4 is 10.6 Å². The van der Waals surface area contributed by atoms with E-state index in [2.05, 4.69) is 5.32 Å². The molecular formula is C11H11ClF3N3O3. The van der Waals surface area contributed by atoms with E-state index in [1.165, 1.54) is 0 Å². The molecular weight excluding hydrogens is 315 g/mol. The molecule has 0 saturated heterocycles. The molecule has 116 valence electrons. The largest absolute Gasteiger partial charge is 0.405 e. The molecule has 0 fully saturated rings. The van der Waals surface area contributed by atoms with E-state index in [0.29, 0.717) is 6.54 Å². The van der Waals surface area contributed by atoms with Crippen LogP contribution in [-0.4, -0.2) is 30.1 Å². The third kappa shape index (κ3) is 4.78. The molecule has 0 heterocycles. The lowest BCUT2D eigenvalue weighted by atomic mass is 10.1. The SMILES string of the molecule is CCNc1c(Cl)cc(C(=O)NCC(F)(F)F)cc1[N+](=O)[O-]. The fraction of sp³-hybridized carbons (Fsp3) is 0.364. The highest BCUT2D eigenvalue weighted by atomic mass is 35.5. The molecule has 1 amide bonds. The number of alkyl halides is 3. The minimum Gasteiger partial charge on any atom is -0.379 e. The third-order valence-electron chi connectivity index (χ3n) is 2.33. The Hall–Kier alpha value is -2.03. The number of carbonyl (C=O) groups is 1. The first-order valence-electron chi connectivity index (χ1n) is 5.72. The lowest BCUT2D eigenvalue weighted by Gasteiger charge is -2.11. The second-order valence-corrected chi connectivity index (χ2v) is 4.34. The van der Waals surface area contributed by atoms with Crippen molar-refractivity contribution in [1.82, 2.24) is 5.32 Å². The fourth-order valence-corrected chi connectivity index (χ4v) is 1.78. The summed E-state index contributed by atoms with van der Waals surface area (Å²) < 4.78 is 36.1. The average Bonchev–Trinajstić information content (AvgIpc) is 2.37. The van der Waals surface area contributed by atoms with Crippen LogP contribution in [0.1, 0.15) is 17.3 Å². The molecule has 0 aromatic heterocycles. The van der Waals surface area contributed by atoms with Gasteiger partial charge in [-0.25, -0.2) is 0 Å². The monoisotopic (exact) mass is 325 g/mol. The molecule has 1 aromatic rings. The van der Waals surface area contributed by atoms with Gasteiger partial charge in [-0.3, -0.25) is 14.9 Å². The van der Waals surface area contributed by atoms with Crippen LogP contribution in [0.15, 0.2) is 12.1 Å². The standard InChI is InChI=1S/C11H11ClF3N3O3/c1-2-16-9-7(12)3-6(4-8(9)18(20)21)10(19)17-5-11(13,14)15/h3-4,16H,2,5H2,1H3,(H,17,19). The van der Waals surface area contributed by atoms with Crippen LogP contribution in [0, 0.1) is 10.1 Å². The second-order valence-electron chi connectivity index (χ2n) is 3.94. The molecule has 1 aromatic carbocycles. The molecule has 0 aliphatic heterocycles. The number of rotatable bonds is 5. The highest BCUT2D eigenvalue weighted by Crippen LogP contribution is 2.33. The Morgan fingerprint density at radius 2 is 2.05 bits per heavy atom. The van der Waals surface area contributed by atoms with Crippen molar-refractivity contribution in [2.45, 2.75) is 13.1 Å². The number of halogens is 4. The van der Waals surface area contributed by atoms with Gasteiger partial charge in [-0.1, -0.05) is 11.6 Å². The molecule has 0 atom stereocenters. The Morgan fingerprint density at radius 3 is 2.52 bits per heavy atom. The topological polar surface area (TPSA) is 84.3 Å². The van der Waals surface area contributed by atoms with E-state index in [-0.39, 0.29) is 16.3 Å². The predicted molar refractivity (Wildman–Crippen MR) is 70.7 cm³/mol. The maximum Gasteiger partial charge on any atom is 0.405 e. The van der Waals surface area contributed by atoms with Gasteiger partial charge >= 0.3 is 6.18 Å². The Bertz CT molecular complexity index is 564. The zero-order valence-electron chi connectivity index (χ0n) is 10.8. The van der Waals surface area contributed by atoms with Crippen molar-refractivity contribution in [2.75, 3.05) is 18.4 Å². The van der Waals surface area contributed by atoms with Crippen LogP contribution in [0.2, 0.25) is 5.02 Å². The molecule has 0 aliphatic rings. The smallest absolute Gasteiger partial charge is 0.379 e. The van der Waals surface area contributed by atoms with Crippen molar-refractivity contribution in [3.05, 3.63) is 32.8 Å². The molecule has 0 bridgehead atoms. The van der Waals surface area contributed by atoms with Gasteiger partial charge in [-0.2, -0.15) is 13.2 Å². The average molecular weight is 326 g/mol. The molecule has 2 N–H and O–H groups in total. The van der Waals surface area contributed by atoms with E-state index in [1.54, 1.807) is 12.2 Å². The Morgan fingerprint density at radius 1 is 1.43 bits per heavy atom. The molecule has 6 nitrogen and oxygen atoms in total. The molecule has 0 unspecified atom stereocenters. The minimum atomic E-state index is -4.57. The molecule has 10 heteroatoms. The molecule has 0 aliphatic carbocycles. The highest BCUT2D eigenvalue weighted by molar-refractivity contribution is 6.34. The minimum absolute atomic E-state index is 0.0107. The molecule has 0 radical (unpaired) electrons. The third-order valence-corrected chi connectivity index (χ3v) is 2.63. The van der Waals surface area contributed by atoms with Crippen molar-refractivity contribution in [3.63, 3.8) is 0 Å². The maximum atomic E-state index is 12.0. The van der Waals surface area contributed by atoms with Crippen LogP contribution >= 0.6 is 11.6 Å². The molecule has 1 rings (SSSR count). The summed E-state index contributed by atoms with van der Waals surface area (Å²) in [5, 5.41) is 15.1. The van der Waals surface area contributed by atoms with Gasteiger partial charge < -0.3 is 10.6 Å². The molecule has 21 heavy (non-hydrogen) atoms. The van der Waals surface area contributed by atoms with Crippen molar-refractivity contribution >= 4 is 28.9 Å². The number of hydrogen-bond acceptors (Lipinski definition) is 4. The molecule has 0 saturated carbocycles. The summed E-state index contributed by atoms with van der Waals surface area (Å²) >= 11 is 5.82. The number of nitrogens with zero attached hydrogens (tertiary/aromatic N) is 1. The van der Waals surface area contributed by atoms with Gasteiger partial charge in [-0.05, 0) is 13.0 Å². The number of nitro groups is 1. The summed E-state index contributed by atoms with van der Waals surface area (Å²) in [6.45, 7) is 0.496. The van der Waals surface area contributed by atoms with Crippen LogP contribution in [0.3, 0.4) is 0 Å². The first kappa shape index (κ1) is 17.0. The van der Waals surface area contributed by atoms with Gasteiger partial charge in [-0.15, -0.1) is 0 Å². The van der Waals surface area contributed by atoms with Crippen molar-refractivity contribution in [1.29, 1.82) is 0 Å². The molecule has 0 spiro atoms. The number of nitrogens with one attached hydrogen (secondary N) is 2. The summed E-state index contributed by atoms with van der Waals surface area (Å²) in [5.74, 6) is -1.10. The first-order valence-corrected chi connectivity index (χ1v) is 6.10. The van der Waals surface area contributed by atoms with Crippen molar-refractivity contribution < 1.29 is 22.9 Å². The van der Waals surface area contributed by atoms with Gasteiger partial charge in [0.1, 0.15) is 12.2 Å². The Kier molecular flexibility index (Phi) is 5.36. The summed E-state index contributed by atoms with van der Waals surface area (Å²) in [4.78, 5) is 21.7. The first-order chi connectivity index (χ1) is 9.65. The van der Waals surface area contributed by atoms with Crippen LogP contribution in [0.25, 0.3) is 0 Å². The summed E-state index contributed by atoms with van der Waals surface area (Å²) in [6, 6.07) is 1.94. The van der Waals surface area contributed by atoms with Gasteiger partial charge in [0.2, 0.25) is 0 Å². The van der Waals surface area contributed by atoms with E-state index >= 15 is 0 Å². The highest BCUT2D eigenvalue weighted by Gasteiger charge is 2.28. The predicted octanol–water partition coefficient (Wildman–Crippen LogP) is 2.97.